The van der Waals surface area contributed by atoms with Crippen LogP contribution in [0.4, 0.5) is 0 Å². The summed E-state index contributed by atoms with van der Waals surface area (Å²) in [4.78, 5) is 12.6. The molecule has 0 bridgehead atoms. The van der Waals surface area contributed by atoms with Crippen molar-refractivity contribution in [3.05, 3.63) is 23.8 Å². The van der Waals surface area contributed by atoms with Crippen LogP contribution in [0.2, 0.25) is 0 Å². The Balaban J connectivity index is 2.00. The zero-order valence-electron chi connectivity index (χ0n) is 15.8. The summed E-state index contributed by atoms with van der Waals surface area (Å²) in [5.74, 6) is 1.23. The number of benzene rings is 1. The summed E-state index contributed by atoms with van der Waals surface area (Å²) in [6, 6.07) is 5.22. The van der Waals surface area contributed by atoms with E-state index >= 15 is 0 Å². The number of nitrogens with zero attached hydrogens (tertiary/aromatic N) is 1. The van der Waals surface area contributed by atoms with E-state index in [4.69, 9.17) is 9.47 Å². The van der Waals surface area contributed by atoms with Crippen LogP contribution in [-0.2, 0) is 14.8 Å². The van der Waals surface area contributed by atoms with Gasteiger partial charge in [-0.05, 0) is 44.9 Å². The Hall–Kier alpha value is -1.80. The molecule has 1 aromatic rings. The van der Waals surface area contributed by atoms with Crippen molar-refractivity contribution in [3.63, 3.8) is 0 Å². The lowest BCUT2D eigenvalue weighted by atomic mass is 9.96. The molecule has 7 nitrogen and oxygen atoms in total. The molecular weight excluding hydrogens is 356 g/mol. The fourth-order valence-electron chi connectivity index (χ4n) is 3.17. The number of hydrogen-bond acceptors (Lipinski definition) is 5. The number of rotatable bonds is 7. The van der Waals surface area contributed by atoms with E-state index in [1.807, 2.05) is 19.1 Å². The first kappa shape index (κ1) is 20.5. The Morgan fingerprint density at radius 3 is 2.46 bits per heavy atom. The highest BCUT2D eigenvalue weighted by atomic mass is 32.2. The molecule has 0 radical (unpaired) electrons. The van der Waals surface area contributed by atoms with Crippen LogP contribution >= 0.6 is 0 Å². The van der Waals surface area contributed by atoms with Gasteiger partial charge in [0.25, 0.3) is 0 Å². The van der Waals surface area contributed by atoms with Crippen molar-refractivity contribution in [3.8, 4) is 11.5 Å². The van der Waals surface area contributed by atoms with E-state index in [0.717, 1.165) is 5.56 Å². The molecule has 1 aromatic carbocycles. The second-order valence-corrected chi connectivity index (χ2v) is 8.67. The van der Waals surface area contributed by atoms with Gasteiger partial charge >= 0.3 is 0 Å². The molecule has 0 saturated carbocycles. The maximum atomic E-state index is 12.6. The summed E-state index contributed by atoms with van der Waals surface area (Å²) in [5.41, 5.74) is 0.839. The molecule has 8 heteroatoms. The third-order valence-corrected chi connectivity index (χ3v) is 6.73. The molecule has 0 spiro atoms. The fraction of sp³-hybridized carbons (Fsp3) is 0.611. The van der Waals surface area contributed by atoms with Crippen LogP contribution in [-0.4, -0.2) is 51.7 Å². The average Bonchev–Trinajstić information content (AvgIpc) is 2.67. The van der Waals surface area contributed by atoms with Crippen LogP contribution in [0.5, 0.6) is 11.5 Å². The number of carbonyl (C=O) groups is 1. The summed E-state index contributed by atoms with van der Waals surface area (Å²) in [5, 5.41) is 3.02. The zero-order valence-corrected chi connectivity index (χ0v) is 16.6. The van der Waals surface area contributed by atoms with Crippen LogP contribution < -0.4 is 14.8 Å². The van der Waals surface area contributed by atoms with Gasteiger partial charge in [-0.2, -0.15) is 0 Å². The molecular formula is C18H28N2O5S. The summed E-state index contributed by atoms with van der Waals surface area (Å²) >= 11 is 0. The van der Waals surface area contributed by atoms with Gasteiger partial charge in [-0.1, -0.05) is 0 Å². The lowest BCUT2D eigenvalue weighted by molar-refractivity contribution is -0.126. The van der Waals surface area contributed by atoms with Crippen molar-refractivity contribution < 1.29 is 22.7 Å². The smallest absolute Gasteiger partial charge is 0.223 e. The van der Waals surface area contributed by atoms with Crippen molar-refractivity contribution in [2.45, 2.75) is 32.7 Å². The molecule has 1 aliphatic rings. The van der Waals surface area contributed by atoms with Crippen LogP contribution in [0.15, 0.2) is 18.2 Å². The largest absolute Gasteiger partial charge is 0.497 e. The van der Waals surface area contributed by atoms with Gasteiger partial charge in [-0.3, -0.25) is 4.79 Å². The lowest BCUT2D eigenvalue weighted by Gasteiger charge is -2.31. The quantitative estimate of drug-likeness (QED) is 0.777. The standard InChI is InChI=1S/C18H28N2O5S/c1-5-26(22,23)20-10-8-14(9-11-20)18(21)19-13(2)16-12-15(24-3)6-7-17(16)25-4/h6-7,12-14H,5,8-11H2,1-4H3,(H,19,21). The van der Waals surface area contributed by atoms with Crippen molar-refractivity contribution in [1.82, 2.24) is 9.62 Å². The van der Waals surface area contributed by atoms with E-state index in [1.54, 1.807) is 27.2 Å². The predicted octanol–water partition coefficient (Wildman–Crippen LogP) is 1.94. The number of hydrogen-bond donors (Lipinski definition) is 1. The molecule has 1 fully saturated rings. The third kappa shape index (κ3) is 4.67. The summed E-state index contributed by atoms with van der Waals surface area (Å²) < 4.78 is 36.0. The van der Waals surface area contributed by atoms with E-state index in [9.17, 15) is 13.2 Å². The molecule has 26 heavy (non-hydrogen) atoms. The molecule has 1 amide bonds. The van der Waals surface area contributed by atoms with E-state index < -0.39 is 10.0 Å². The van der Waals surface area contributed by atoms with Crippen molar-refractivity contribution in [2.24, 2.45) is 5.92 Å². The van der Waals surface area contributed by atoms with E-state index in [1.165, 1.54) is 4.31 Å². The molecule has 1 N–H and O–H groups in total. The zero-order chi connectivity index (χ0) is 19.3. The first-order valence-corrected chi connectivity index (χ1v) is 10.4. The minimum absolute atomic E-state index is 0.0593. The number of carbonyl (C=O) groups excluding carboxylic acids is 1. The SMILES string of the molecule is CCS(=O)(=O)N1CCC(C(=O)NC(C)c2cc(OC)ccc2OC)CC1. The number of nitrogens with one attached hydrogen (secondary N) is 1. The topological polar surface area (TPSA) is 84.9 Å². The highest BCUT2D eigenvalue weighted by molar-refractivity contribution is 7.89. The third-order valence-electron chi connectivity index (χ3n) is 4.85. The average molecular weight is 384 g/mol. The number of ether oxygens (including phenoxy) is 2. The molecule has 0 aromatic heterocycles. The van der Waals surface area contributed by atoms with Gasteiger partial charge in [0.1, 0.15) is 11.5 Å². The summed E-state index contributed by atoms with van der Waals surface area (Å²) in [6.45, 7) is 4.32. The van der Waals surface area contributed by atoms with Crippen LogP contribution in [0.25, 0.3) is 0 Å². The molecule has 146 valence electrons. The number of piperidine rings is 1. The number of sulfonamides is 1. The van der Waals surface area contributed by atoms with E-state index in [0.29, 0.717) is 37.4 Å². The van der Waals surface area contributed by atoms with Crippen molar-refractivity contribution in [2.75, 3.05) is 33.1 Å². The molecule has 1 saturated heterocycles. The van der Waals surface area contributed by atoms with Crippen molar-refractivity contribution >= 4 is 15.9 Å². The van der Waals surface area contributed by atoms with Gasteiger partial charge in [0.05, 0.1) is 26.0 Å². The van der Waals surface area contributed by atoms with Gasteiger partial charge in [0.15, 0.2) is 0 Å². The minimum atomic E-state index is -3.18. The Morgan fingerprint density at radius 1 is 1.27 bits per heavy atom. The maximum Gasteiger partial charge on any atom is 0.223 e. The molecule has 1 atom stereocenters. The summed E-state index contributed by atoms with van der Waals surface area (Å²) in [7, 11) is -0.00463. The van der Waals surface area contributed by atoms with Crippen LogP contribution in [0.1, 0.15) is 38.3 Å². The number of amides is 1. The molecule has 2 rings (SSSR count). The van der Waals surface area contributed by atoms with Gasteiger partial charge in [-0.25, -0.2) is 12.7 Å². The van der Waals surface area contributed by atoms with Crippen LogP contribution in [0.3, 0.4) is 0 Å². The molecule has 1 unspecified atom stereocenters. The second kappa shape index (κ2) is 8.73. The highest BCUT2D eigenvalue weighted by Gasteiger charge is 2.30. The highest BCUT2D eigenvalue weighted by Crippen LogP contribution is 2.30. The van der Waals surface area contributed by atoms with Crippen molar-refractivity contribution in [1.29, 1.82) is 0 Å². The normalized spacial score (nSPS) is 17.5. The Kier molecular flexibility index (Phi) is 6.88. The maximum absolute atomic E-state index is 12.6. The Bertz CT molecular complexity index is 727. The Labute approximate surface area is 155 Å². The second-order valence-electron chi connectivity index (χ2n) is 6.41. The molecule has 0 aliphatic carbocycles. The van der Waals surface area contributed by atoms with Gasteiger partial charge < -0.3 is 14.8 Å². The Morgan fingerprint density at radius 2 is 1.92 bits per heavy atom. The predicted molar refractivity (Wildman–Crippen MR) is 99.9 cm³/mol. The first-order chi connectivity index (χ1) is 12.3. The minimum Gasteiger partial charge on any atom is -0.497 e. The van der Waals surface area contributed by atoms with Gasteiger partial charge in [0.2, 0.25) is 15.9 Å². The van der Waals surface area contributed by atoms with Gasteiger partial charge in [-0.15, -0.1) is 0 Å². The van der Waals surface area contributed by atoms with E-state index in [2.05, 4.69) is 5.32 Å². The van der Waals surface area contributed by atoms with E-state index in [-0.39, 0.29) is 23.6 Å². The monoisotopic (exact) mass is 384 g/mol. The van der Waals surface area contributed by atoms with Gasteiger partial charge in [0, 0.05) is 24.6 Å². The van der Waals surface area contributed by atoms with Crippen LogP contribution in [0, 0.1) is 5.92 Å². The molecule has 1 aliphatic heterocycles. The summed E-state index contributed by atoms with van der Waals surface area (Å²) in [6.07, 6.45) is 1.07. The number of methoxy groups -OCH3 is 2. The first-order valence-electron chi connectivity index (χ1n) is 8.82. The molecule has 1 heterocycles. The lowest BCUT2D eigenvalue weighted by Crippen LogP contribution is -2.43. The fourth-order valence-corrected chi connectivity index (χ4v) is 4.30.